The highest BCUT2D eigenvalue weighted by Crippen LogP contribution is 2.26. The smallest absolute Gasteiger partial charge is 0.255 e. The van der Waals surface area contributed by atoms with Crippen LogP contribution in [0.25, 0.3) is 0 Å². The lowest BCUT2D eigenvalue weighted by molar-refractivity contribution is 0.0601. The Hall–Kier alpha value is -1.00. The van der Waals surface area contributed by atoms with Gasteiger partial charge in [-0.25, -0.2) is 0 Å². The van der Waals surface area contributed by atoms with Crippen molar-refractivity contribution in [1.82, 2.24) is 4.90 Å². The van der Waals surface area contributed by atoms with Crippen LogP contribution < -0.4 is 5.73 Å². The normalized spacial score (nSPS) is 19.5. The monoisotopic (exact) mass is 278 g/mol. The number of carbonyl (C=O) groups is 1. The summed E-state index contributed by atoms with van der Waals surface area (Å²) in [4.78, 5) is 15.8. The van der Waals surface area contributed by atoms with E-state index in [4.69, 9.17) is 5.73 Å². The van der Waals surface area contributed by atoms with E-state index < -0.39 is 0 Å². The number of thioether (sulfide) groups is 1. The number of nitrogens with zero attached hydrogens (tertiary/aromatic N) is 1. The van der Waals surface area contributed by atoms with E-state index in [1.165, 1.54) is 6.42 Å². The Labute approximate surface area is 119 Å². The number of piperidine rings is 1. The lowest BCUT2D eigenvalue weighted by Crippen LogP contribution is -2.44. The molecule has 104 valence electrons. The highest BCUT2D eigenvalue weighted by Gasteiger charge is 2.27. The second-order valence-corrected chi connectivity index (χ2v) is 5.77. The molecular weight excluding hydrogens is 256 g/mol. The highest BCUT2D eigenvalue weighted by atomic mass is 32.2. The van der Waals surface area contributed by atoms with Crippen LogP contribution >= 0.6 is 11.8 Å². The van der Waals surface area contributed by atoms with Crippen molar-refractivity contribution in [3.05, 3.63) is 29.8 Å². The first-order valence-electron chi connectivity index (χ1n) is 6.92. The Balaban J connectivity index is 2.21. The predicted octanol–water partition coefficient (Wildman–Crippen LogP) is 2.75. The van der Waals surface area contributed by atoms with Crippen molar-refractivity contribution in [2.24, 2.45) is 5.73 Å². The summed E-state index contributed by atoms with van der Waals surface area (Å²) in [7, 11) is 0. The van der Waals surface area contributed by atoms with Crippen LogP contribution in [0.1, 0.15) is 36.0 Å². The minimum atomic E-state index is 0.170. The lowest BCUT2D eigenvalue weighted by atomic mass is 9.98. The quantitative estimate of drug-likeness (QED) is 0.861. The van der Waals surface area contributed by atoms with Gasteiger partial charge in [-0.2, -0.15) is 0 Å². The largest absolute Gasteiger partial charge is 0.336 e. The summed E-state index contributed by atoms with van der Waals surface area (Å²) >= 11 is 1.63. The van der Waals surface area contributed by atoms with E-state index in [9.17, 15) is 4.79 Å². The number of hydrogen-bond donors (Lipinski definition) is 1. The third-order valence-electron chi connectivity index (χ3n) is 3.73. The first kappa shape index (κ1) is 14.4. The summed E-state index contributed by atoms with van der Waals surface area (Å²) in [6.07, 6.45) is 6.32. The molecule has 1 aliphatic rings. The highest BCUT2D eigenvalue weighted by molar-refractivity contribution is 7.98. The molecule has 4 heteroatoms. The summed E-state index contributed by atoms with van der Waals surface area (Å²) in [5.74, 6) is 0.170. The number of nitrogens with two attached hydrogens (primary N) is 1. The Kier molecular flexibility index (Phi) is 5.28. The van der Waals surface area contributed by atoms with Crippen LogP contribution in [0.4, 0.5) is 0 Å². The molecule has 0 saturated carbocycles. The van der Waals surface area contributed by atoms with E-state index in [0.717, 1.165) is 36.3 Å². The topological polar surface area (TPSA) is 46.3 Å². The number of likely N-dealkylation sites (tertiary alicyclic amines) is 1. The molecule has 0 bridgehead atoms. The molecule has 19 heavy (non-hydrogen) atoms. The van der Waals surface area contributed by atoms with Gasteiger partial charge in [-0.15, -0.1) is 11.8 Å². The van der Waals surface area contributed by atoms with Gasteiger partial charge in [0.25, 0.3) is 5.91 Å². The fourth-order valence-corrected chi connectivity index (χ4v) is 3.33. The zero-order chi connectivity index (χ0) is 13.7. The Morgan fingerprint density at radius 2 is 2.21 bits per heavy atom. The van der Waals surface area contributed by atoms with Crippen LogP contribution in [0.15, 0.2) is 29.2 Å². The Bertz CT molecular complexity index is 434. The molecule has 1 fully saturated rings. The van der Waals surface area contributed by atoms with E-state index >= 15 is 0 Å². The van der Waals surface area contributed by atoms with Crippen LogP contribution in [0.3, 0.4) is 0 Å². The van der Waals surface area contributed by atoms with Crippen LogP contribution in [0.5, 0.6) is 0 Å². The van der Waals surface area contributed by atoms with E-state index in [2.05, 4.69) is 0 Å². The molecule has 2 N–H and O–H groups in total. The molecule has 0 aliphatic carbocycles. The van der Waals surface area contributed by atoms with Crippen LogP contribution in [-0.2, 0) is 0 Å². The number of benzene rings is 1. The maximum atomic E-state index is 12.7. The first-order valence-corrected chi connectivity index (χ1v) is 8.14. The Morgan fingerprint density at radius 3 is 2.95 bits per heavy atom. The van der Waals surface area contributed by atoms with Crippen LogP contribution in [0.2, 0.25) is 0 Å². The molecule has 0 spiro atoms. The maximum absolute atomic E-state index is 12.7. The van der Waals surface area contributed by atoms with E-state index in [-0.39, 0.29) is 5.91 Å². The summed E-state index contributed by atoms with van der Waals surface area (Å²) in [5.41, 5.74) is 6.51. The van der Waals surface area contributed by atoms with Crippen LogP contribution in [0, 0.1) is 0 Å². The summed E-state index contributed by atoms with van der Waals surface area (Å²) in [6, 6.07) is 8.19. The minimum absolute atomic E-state index is 0.170. The summed E-state index contributed by atoms with van der Waals surface area (Å²) < 4.78 is 0. The van der Waals surface area contributed by atoms with Gasteiger partial charge in [-0.3, -0.25) is 4.79 Å². The number of rotatable bonds is 4. The molecule has 1 aliphatic heterocycles. The van der Waals surface area contributed by atoms with Gasteiger partial charge in [0.2, 0.25) is 0 Å². The molecule has 1 amide bonds. The predicted molar refractivity (Wildman–Crippen MR) is 80.6 cm³/mol. The standard InChI is InChI=1S/C15H22N2OS/c1-19-14-8-3-2-7-13(14)15(18)17-11-5-4-6-12(17)9-10-16/h2-3,7-8,12H,4-6,9-11,16H2,1H3. The molecule has 1 aromatic rings. The summed E-state index contributed by atoms with van der Waals surface area (Å²) in [6.45, 7) is 1.52. The van der Waals surface area contributed by atoms with Gasteiger partial charge in [0, 0.05) is 17.5 Å². The van der Waals surface area contributed by atoms with Crippen molar-refractivity contribution < 1.29 is 4.79 Å². The fraction of sp³-hybridized carbons (Fsp3) is 0.533. The van der Waals surface area contributed by atoms with Crippen molar-refractivity contribution in [2.75, 3.05) is 19.3 Å². The molecule has 1 unspecified atom stereocenters. The molecule has 1 heterocycles. The van der Waals surface area contributed by atoms with Gasteiger partial charge >= 0.3 is 0 Å². The first-order chi connectivity index (χ1) is 9.27. The zero-order valence-corrected chi connectivity index (χ0v) is 12.3. The van der Waals surface area contributed by atoms with Gasteiger partial charge in [0.1, 0.15) is 0 Å². The molecule has 3 nitrogen and oxygen atoms in total. The number of carbonyl (C=O) groups excluding carboxylic acids is 1. The average Bonchev–Trinajstić information content (AvgIpc) is 2.47. The minimum Gasteiger partial charge on any atom is -0.336 e. The summed E-state index contributed by atoms with van der Waals surface area (Å²) in [5, 5.41) is 0. The lowest BCUT2D eigenvalue weighted by Gasteiger charge is -2.36. The molecule has 1 saturated heterocycles. The third-order valence-corrected chi connectivity index (χ3v) is 4.52. The van der Waals surface area contributed by atoms with Gasteiger partial charge in [0.05, 0.1) is 5.56 Å². The fourth-order valence-electron chi connectivity index (χ4n) is 2.74. The van der Waals surface area contributed by atoms with Gasteiger partial charge in [-0.05, 0) is 50.6 Å². The SMILES string of the molecule is CSc1ccccc1C(=O)N1CCCCC1CCN. The van der Waals surface area contributed by atoms with Gasteiger partial charge in [-0.1, -0.05) is 12.1 Å². The van der Waals surface area contributed by atoms with E-state index in [1.807, 2.05) is 35.4 Å². The third kappa shape index (κ3) is 3.31. The number of hydrogen-bond acceptors (Lipinski definition) is 3. The molecule has 1 atom stereocenters. The van der Waals surface area contributed by atoms with Crippen molar-refractivity contribution in [2.45, 2.75) is 36.6 Å². The van der Waals surface area contributed by atoms with Gasteiger partial charge in [0.15, 0.2) is 0 Å². The molecular formula is C15H22N2OS. The van der Waals surface area contributed by atoms with E-state index in [0.29, 0.717) is 12.6 Å². The maximum Gasteiger partial charge on any atom is 0.255 e. The second kappa shape index (κ2) is 6.96. The molecule has 1 aromatic carbocycles. The van der Waals surface area contributed by atoms with Gasteiger partial charge < -0.3 is 10.6 Å². The molecule has 0 aromatic heterocycles. The average molecular weight is 278 g/mol. The Morgan fingerprint density at radius 1 is 1.42 bits per heavy atom. The van der Waals surface area contributed by atoms with Crippen molar-refractivity contribution in [3.63, 3.8) is 0 Å². The molecule has 2 rings (SSSR count). The van der Waals surface area contributed by atoms with Crippen LogP contribution in [-0.4, -0.2) is 36.2 Å². The van der Waals surface area contributed by atoms with Crippen molar-refractivity contribution >= 4 is 17.7 Å². The zero-order valence-electron chi connectivity index (χ0n) is 11.5. The van der Waals surface area contributed by atoms with Crippen molar-refractivity contribution in [1.29, 1.82) is 0 Å². The molecule has 0 radical (unpaired) electrons. The van der Waals surface area contributed by atoms with Crippen molar-refractivity contribution in [3.8, 4) is 0 Å². The van der Waals surface area contributed by atoms with E-state index in [1.54, 1.807) is 11.8 Å². The number of amides is 1. The second-order valence-electron chi connectivity index (χ2n) is 4.93.